The summed E-state index contributed by atoms with van der Waals surface area (Å²) in [5.41, 5.74) is 1.43. The molecule has 1 heterocycles. The largest absolute Gasteiger partial charge is 0.480 e. The highest BCUT2D eigenvalue weighted by molar-refractivity contribution is 6.31. The second-order valence-corrected chi connectivity index (χ2v) is 4.92. The van der Waals surface area contributed by atoms with E-state index in [0.717, 1.165) is 5.56 Å². The average molecular weight is 299 g/mol. The fraction of sp³-hybridized carbons (Fsp3) is 0.385. The number of morpholine rings is 1. The minimum Gasteiger partial charge on any atom is -0.480 e. The molecule has 1 aliphatic heterocycles. The zero-order chi connectivity index (χ0) is 14.7. The van der Waals surface area contributed by atoms with Gasteiger partial charge in [0.25, 0.3) is 0 Å². The van der Waals surface area contributed by atoms with E-state index in [1.165, 1.54) is 4.90 Å². The first-order valence-electron chi connectivity index (χ1n) is 6.13. The molecule has 0 aromatic heterocycles. The first kappa shape index (κ1) is 14.6. The molecule has 2 amide bonds. The van der Waals surface area contributed by atoms with Gasteiger partial charge >= 0.3 is 12.0 Å². The number of carbonyl (C=O) groups excluding carboxylic acids is 1. The predicted octanol–water partition coefficient (Wildman–Crippen LogP) is 1.97. The topological polar surface area (TPSA) is 78.9 Å². The van der Waals surface area contributed by atoms with E-state index in [-0.39, 0.29) is 13.2 Å². The van der Waals surface area contributed by atoms with Crippen molar-refractivity contribution in [3.8, 4) is 0 Å². The molecule has 1 aromatic rings. The van der Waals surface area contributed by atoms with E-state index < -0.39 is 18.0 Å². The summed E-state index contributed by atoms with van der Waals surface area (Å²) >= 11 is 5.98. The lowest BCUT2D eigenvalue weighted by molar-refractivity contribution is -0.147. The number of hydrogen-bond donors (Lipinski definition) is 2. The van der Waals surface area contributed by atoms with E-state index in [1.807, 2.05) is 6.92 Å². The SMILES string of the molecule is Cc1ccc(NC(=O)N2CCOCC2C(=O)O)cc1Cl. The molecular weight excluding hydrogens is 284 g/mol. The standard InChI is InChI=1S/C13H15ClN2O4/c1-8-2-3-9(6-10(8)14)15-13(19)16-4-5-20-7-11(16)12(17)18/h2-3,6,11H,4-5,7H2,1H3,(H,15,19)(H,17,18). The highest BCUT2D eigenvalue weighted by Gasteiger charge is 2.32. The molecule has 0 radical (unpaired) electrons. The fourth-order valence-corrected chi connectivity index (χ4v) is 2.10. The molecule has 1 atom stereocenters. The smallest absolute Gasteiger partial charge is 0.328 e. The number of rotatable bonds is 2. The van der Waals surface area contributed by atoms with Crippen LogP contribution in [0.1, 0.15) is 5.56 Å². The molecule has 0 spiro atoms. The van der Waals surface area contributed by atoms with Gasteiger partial charge in [0.1, 0.15) is 0 Å². The van der Waals surface area contributed by atoms with Crippen molar-refractivity contribution in [3.63, 3.8) is 0 Å². The molecule has 1 fully saturated rings. The van der Waals surface area contributed by atoms with Crippen molar-refractivity contribution in [3.05, 3.63) is 28.8 Å². The molecule has 1 unspecified atom stereocenters. The van der Waals surface area contributed by atoms with Gasteiger partial charge in [0.05, 0.1) is 13.2 Å². The number of amides is 2. The number of carboxylic acids is 1. The number of aryl methyl sites for hydroxylation is 1. The molecule has 1 saturated heterocycles. The minimum absolute atomic E-state index is 0.00257. The van der Waals surface area contributed by atoms with Crippen molar-refractivity contribution < 1.29 is 19.4 Å². The maximum Gasteiger partial charge on any atom is 0.328 e. The molecule has 108 valence electrons. The Bertz CT molecular complexity index is 535. The van der Waals surface area contributed by atoms with Crippen LogP contribution >= 0.6 is 11.6 Å². The summed E-state index contributed by atoms with van der Waals surface area (Å²) in [7, 11) is 0. The number of anilines is 1. The van der Waals surface area contributed by atoms with Crippen molar-refractivity contribution in [1.82, 2.24) is 4.90 Å². The normalized spacial score (nSPS) is 18.7. The van der Waals surface area contributed by atoms with Crippen LogP contribution in [0.15, 0.2) is 18.2 Å². The maximum absolute atomic E-state index is 12.1. The summed E-state index contributed by atoms with van der Waals surface area (Å²) in [6.45, 7) is 2.42. The number of urea groups is 1. The van der Waals surface area contributed by atoms with Crippen molar-refractivity contribution in [2.75, 3.05) is 25.1 Å². The number of ether oxygens (including phenoxy) is 1. The van der Waals surface area contributed by atoms with Crippen molar-refractivity contribution in [2.24, 2.45) is 0 Å². The second-order valence-electron chi connectivity index (χ2n) is 4.52. The van der Waals surface area contributed by atoms with Gasteiger partial charge in [-0.25, -0.2) is 9.59 Å². The third-order valence-electron chi connectivity index (χ3n) is 3.10. The maximum atomic E-state index is 12.1. The van der Waals surface area contributed by atoms with Gasteiger partial charge in [-0.05, 0) is 24.6 Å². The van der Waals surface area contributed by atoms with E-state index in [4.69, 9.17) is 21.4 Å². The van der Waals surface area contributed by atoms with E-state index >= 15 is 0 Å². The number of hydrogen-bond acceptors (Lipinski definition) is 3. The van der Waals surface area contributed by atoms with Gasteiger partial charge in [0.2, 0.25) is 0 Å². The van der Waals surface area contributed by atoms with Gasteiger partial charge in [0, 0.05) is 17.3 Å². The lowest BCUT2D eigenvalue weighted by Crippen LogP contribution is -2.53. The number of halogens is 1. The number of carbonyl (C=O) groups is 2. The number of nitrogens with zero attached hydrogens (tertiary/aromatic N) is 1. The van der Waals surface area contributed by atoms with Crippen LogP contribution in [0.25, 0.3) is 0 Å². The van der Waals surface area contributed by atoms with Crippen LogP contribution in [0, 0.1) is 6.92 Å². The first-order valence-corrected chi connectivity index (χ1v) is 6.51. The number of aliphatic carboxylic acids is 1. The Balaban J connectivity index is 2.09. The summed E-state index contributed by atoms with van der Waals surface area (Å²) in [5, 5.41) is 12.3. The average Bonchev–Trinajstić information content (AvgIpc) is 2.43. The molecule has 2 rings (SSSR count). The van der Waals surface area contributed by atoms with Crippen LogP contribution in [-0.2, 0) is 9.53 Å². The van der Waals surface area contributed by atoms with Gasteiger partial charge in [-0.2, -0.15) is 0 Å². The fourth-order valence-electron chi connectivity index (χ4n) is 1.92. The zero-order valence-corrected chi connectivity index (χ0v) is 11.7. The van der Waals surface area contributed by atoms with Crippen LogP contribution in [0.3, 0.4) is 0 Å². The number of benzene rings is 1. The Morgan fingerprint density at radius 3 is 2.90 bits per heavy atom. The Morgan fingerprint density at radius 2 is 2.25 bits per heavy atom. The Hall–Kier alpha value is -1.79. The van der Waals surface area contributed by atoms with Crippen molar-refractivity contribution in [2.45, 2.75) is 13.0 Å². The Labute approximate surface area is 121 Å². The third-order valence-corrected chi connectivity index (χ3v) is 3.50. The molecule has 7 heteroatoms. The van der Waals surface area contributed by atoms with Crippen LogP contribution in [0.2, 0.25) is 5.02 Å². The van der Waals surface area contributed by atoms with Crippen molar-refractivity contribution >= 4 is 29.3 Å². The lowest BCUT2D eigenvalue weighted by Gasteiger charge is -2.32. The third kappa shape index (κ3) is 3.20. The molecule has 0 bridgehead atoms. The molecular formula is C13H15ClN2O4. The minimum atomic E-state index is -1.08. The molecule has 0 saturated carbocycles. The van der Waals surface area contributed by atoms with E-state index in [1.54, 1.807) is 18.2 Å². The second kappa shape index (κ2) is 6.11. The lowest BCUT2D eigenvalue weighted by atomic mass is 10.2. The van der Waals surface area contributed by atoms with Crippen molar-refractivity contribution in [1.29, 1.82) is 0 Å². The first-order chi connectivity index (χ1) is 9.49. The van der Waals surface area contributed by atoms with E-state index in [0.29, 0.717) is 17.3 Å². The van der Waals surface area contributed by atoms with Crippen LogP contribution in [0.4, 0.5) is 10.5 Å². The number of nitrogens with one attached hydrogen (secondary N) is 1. The highest BCUT2D eigenvalue weighted by Crippen LogP contribution is 2.20. The van der Waals surface area contributed by atoms with Crippen LogP contribution in [0.5, 0.6) is 0 Å². The van der Waals surface area contributed by atoms with Gasteiger partial charge < -0.3 is 20.1 Å². The summed E-state index contributed by atoms with van der Waals surface area (Å²) in [4.78, 5) is 24.5. The Morgan fingerprint density at radius 1 is 1.50 bits per heavy atom. The predicted molar refractivity (Wildman–Crippen MR) is 74.2 cm³/mol. The Kier molecular flexibility index (Phi) is 4.46. The van der Waals surface area contributed by atoms with Gasteiger partial charge in [-0.1, -0.05) is 17.7 Å². The van der Waals surface area contributed by atoms with Gasteiger partial charge in [0.15, 0.2) is 6.04 Å². The number of carboxylic acid groups (broad SMARTS) is 1. The zero-order valence-electron chi connectivity index (χ0n) is 10.9. The quantitative estimate of drug-likeness (QED) is 0.875. The summed E-state index contributed by atoms with van der Waals surface area (Å²) in [6, 6.07) is 3.69. The van der Waals surface area contributed by atoms with Gasteiger partial charge in [-0.15, -0.1) is 0 Å². The summed E-state index contributed by atoms with van der Waals surface area (Å²) < 4.78 is 5.09. The molecule has 1 aliphatic rings. The summed E-state index contributed by atoms with van der Waals surface area (Å²) in [6.07, 6.45) is 0. The summed E-state index contributed by atoms with van der Waals surface area (Å²) in [5.74, 6) is -1.08. The molecule has 20 heavy (non-hydrogen) atoms. The van der Waals surface area contributed by atoms with E-state index in [2.05, 4.69) is 5.32 Å². The molecule has 6 nitrogen and oxygen atoms in total. The van der Waals surface area contributed by atoms with E-state index in [9.17, 15) is 9.59 Å². The molecule has 2 N–H and O–H groups in total. The molecule has 1 aromatic carbocycles. The van der Waals surface area contributed by atoms with Crippen LogP contribution in [-0.4, -0.2) is 47.8 Å². The monoisotopic (exact) mass is 298 g/mol. The highest BCUT2D eigenvalue weighted by atomic mass is 35.5. The van der Waals surface area contributed by atoms with Crippen LogP contribution < -0.4 is 5.32 Å². The van der Waals surface area contributed by atoms with Gasteiger partial charge in [-0.3, -0.25) is 0 Å². The molecule has 0 aliphatic carbocycles.